The number of H-pyrrole nitrogens is 1. The summed E-state index contributed by atoms with van der Waals surface area (Å²) in [6.07, 6.45) is 2.70. The van der Waals surface area contributed by atoms with Gasteiger partial charge in [-0.3, -0.25) is 4.79 Å². The van der Waals surface area contributed by atoms with Gasteiger partial charge in [-0.15, -0.1) is 0 Å². The summed E-state index contributed by atoms with van der Waals surface area (Å²) in [5.41, 5.74) is 2.30. The standard InChI is InChI=1S/C15H13BrN2O2/c16-14-4-3-13(20-14)15(19)18-7-5-10-1-2-11-6-8-17-12(11)9-10/h1-4,6,8-9,17H,5,7H2,(H,18,19). The minimum Gasteiger partial charge on any atom is -0.444 e. The number of carbonyl (C=O) groups excluding carboxylic acids is 1. The molecule has 0 saturated carbocycles. The number of rotatable bonds is 4. The van der Waals surface area contributed by atoms with Gasteiger partial charge >= 0.3 is 0 Å². The molecule has 0 aliphatic rings. The minimum atomic E-state index is -0.198. The summed E-state index contributed by atoms with van der Waals surface area (Å²) in [6, 6.07) is 11.6. The van der Waals surface area contributed by atoms with Crippen molar-refractivity contribution in [1.82, 2.24) is 10.3 Å². The highest BCUT2D eigenvalue weighted by molar-refractivity contribution is 9.10. The summed E-state index contributed by atoms with van der Waals surface area (Å²) >= 11 is 3.17. The number of halogens is 1. The van der Waals surface area contributed by atoms with Gasteiger partial charge in [0, 0.05) is 18.3 Å². The first-order chi connectivity index (χ1) is 9.72. The van der Waals surface area contributed by atoms with Gasteiger partial charge < -0.3 is 14.7 Å². The first-order valence-electron chi connectivity index (χ1n) is 6.32. The third-order valence-electron chi connectivity index (χ3n) is 3.12. The van der Waals surface area contributed by atoms with E-state index >= 15 is 0 Å². The molecule has 0 saturated heterocycles. The van der Waals surface area contributed by atoms with Crippen LogP contribution in [-0.4, -0.2) is 17.4 Å². The fraction of sp³-hybridized carbons (Fsp3) is 0.133. The van der Waals surface area contributed by atoms with E-state index in [1.807, 2.05) is 12.3 Å². The van der Waals surface area contributed by atoms with Gasteiger partial charge in [0.2, 0.25) is 0 Å². The van der Waals surface area contributed by atoms with Crippen LogP contribution in [0, 0.1) is 0 Å². The minimum absolute atomic E-state index is 0.198. The first kappa shape index (κ1) is 13.0. The molecule has 102 valence electrons. The van der Waals surface area contributed by atoms with Crippen LogP contribution in [0.2, 0.25) is 0 Å². The second-order valence-corrected chi connectivity index (χ2v) is 5.29. The van der Waals surface area contributed by atoms with Crippen LogP contribution in [0.25, 0.3) is 10.9 Å². The molecule has 0 unspecified atom stereocenters. The number of fused-ring (bicyclic) bond motifs is 1. The van der Waals surface area contributed by atoms with Crippen molar-refractivity contribution in [2.45, 2.75) is 6.42 Å². The number of aromatic nitrogens is 1. The largest absolute Gasteiger partial charge is 0.444 e. The van der Waals surface area contributed by atoms with Gasteiger partial charge in [-0.05, 0) is 57.6 Å². The van der Waals surface area contributed by atoms with Crippen molar-refractivity contribution < 1.29 is 9.21 Å². The van der Waals surface area contributed by atoms with E-state index in [0.29, 0.717) is 17.0 Å². The number of furan rings is 1. The zero-order valence-electron chi connectivity index (χ0n) is 10.7. The van der Waals surface area contributed by atoms with E-state index in [4.69, 9.17) is 4.42 Å². The lowest BCUT2D eigenvalue weighted by Crippen LogP contribution is -2.25. The molecule has 2 heterocycles. The Labute approximate surface area is 124 Å². The molecule has 0 bridgehead atoms. The summed E-state index contributed by atoms with van der Waals surface area (Å²) in [5.74, 6) is 0.119. The van der Waals surface area contributed by atoms with E-state index < -0.39 is 0 Å². The van der Waals surface area contributed by atoms with E-state index in [1.165, 1.54) is 10.9 Å². The van der Waals surface area contributed by atoms with Gasteiger partial charge in [-0.2, -0.15) is 0 Å². The number of hydrogen-bond acceptors (Lipinski definition) is 2. The third-order valence-corrected chi connectivity index (χ3v) is 3.54. The van der Waals surface area contributed by atoms with Crippen LogP contribution in [0.4, 0.5) is 0 Å². The van der Waals surface area contributed by atoms with Gasteiger partial charge in [-0.25, -0.2) is 0 Å². The monoisotopic (exact) mass is 332 g/mol. The maximum Gasteiger partial charge on any atom is 0.287 e. The molecule has 2 aromatic heterocycles. The fourth-order valence-corrected chi connectivity index (χ4v) is 2.40. The topological polar surface area (TPSA) is 58.0 Å². The van der Waals surface area contributed by atoms with Crippen molar-refractivity contribution in [3.05, 3.63) is 58.6 Å². The lowest BCUT2D eigenvalue weighted by atomic mass is 10.1. The Morgan fingerprint density at radius 3 is 2.95 bits per heavy atom. The summed E-state index contributed by atoms with van der Waals surface area (Å²) in [4.78, 5) is 15.0. The van der Waals surface area contributed by atoms with Crippen LogP contribution in [0.1, 0.15) is 16.1 Å². The van der Waals surface area contributed by atoms with E-state index in [-0.39, 0.29) is 5.91 Å². The Bertz CT molecular complexity index is 745. The molecule has 5 heteroatoms. The quantitative estimate of drug-likeness (QED) is 0.768. The van der Waals surface area contributed by atoms with E-state index in [1.54, 1.807) is 12.1 Å². The SMILES string of the molecule is O=C(NCCc1ccc2cc[nH]c2c1)c1ccc(Br)o1. The van der Waals surface area contributed by atoms with Gasteiger partial charge in [0.1, 0.15) is 0 Å². The molecule has 2 N–H and O–H groups in total. The van der Waals surface area contributed by atoms with Crippen LogP contribution >= 0.6 is 15.9 Å². The molecule has 0 aliphatic carbocycles. The molecule has 20 heavy (non-hydrogen) atoms. The number of carbonyl (C=O) groups is 1. The predicted octanol–water partition coefficient (Wildman–Crippen LogP) is 3.50. The Balaban J connectivity index is 1.58. The maximum atomic E-state index is 11.8. The molecule has 0 spiro atoms. The second kappa shape index (κ2) is 5.54. The van der Waals surface area contributed by atoms with E-state index in [2.05, 4.69) is 44.4 Å². The van der Waals surface area contributed by atoms with Gasteiger partial charge in [-0.1, -0.05) is 12.1 Å². The van der Waals surface area contributed by atoms with Crippen molar-refractivity contribution >= 4 is 32.7 Å². The predicted molar refractivity (Wildman–Crippen MR) is 80.7 cm³/mol. The van der Waals surface area contributed by atoms with Crippen LogP contribution in [0.15, 0.2) is 51.7 Å². The normalized spacial score (nSPS) is 10.8. The Hall–Kier alpha value is -2.01. The highest BCUT2D eigenvalue weighted by Gasteiger charge is 2.09. The zero-order chi connectivity index (χ0) is 13.9. The van der Waals surface area contributed by atoms with Crippen LogP contribution in [0.3, 0.4) is 0 Å². The summed E-state index contributed by atoms with van der Waals surface area (Å²) in [6.45, 7) is 0.573. The van der Waals surface area contributed by atoms with Crippen molar-refractivity contribution in [1.29, 1.82) is 0 Å². The summed E-state index contributed by atoms with van der Waals surface area (Å²) in [7, 11) is 0. The van der Waals surface area contributed by atoms with Crippen molar-refractivity contribution in [2.75, 3.05) is 6.54 Å². The molecule has 1 aromatic carbocycles. The summed E-state index contributed by atoms with van der Waals surface area (Å²) in [5, 5.41) is 4.03. The number of aromatic amines is 1. The highest BCUT2D eigenvalue weighted by atomic mass is 79.9. The Morgan fingerprint density at radius 1 is 1.25 bits per heavy atom. The molecule has 3 rings (SSSR count). The Morgan fingerprint density at radius 2 is 2.15 bits per heavy atom. The fourth-order valence-electron chi connectivity index (χ4n) is 2.09. The van der Waals surface area contributed by atoms with Crippen molar-refractivity contribution in [3.63, 3.8) is 0 Å². The van der Waals surface area contributed by atoms with Crippen LogP contribution < -0.4 is 5.32 Å². The number of amides is 1. The van der Waals surface area contributed by atoms with E-state index in [0.717, 1.165) is 11.9 Å². The van der Waals surface area contributed by atoms with E-state index in [9.17, 15) is 4.79 Å². The molecule has 0 radical (unpaired) electrons. The van der Waals surface area contributed by atoms with Crippen molar-refractivity contribution in [2.24, 2.45) is 0 Å². The molecule has 0 fully saturated rings. The first-order valence-corrected chi connectivity index (χ1v) is 7.11. The lowest BCUT2D eigenvalue weighted by molar-refractivity contribution is 0.0925. The van der Waals surface area contributed by atoms with Crippen LogP contribution in [0.5, 0.6) is 0 Å². The Kier molecular flexibility index (Phi) is 3.60. The average molecular weight is 333 g/mol. The molecule has 1 amide bonds. The molecule has 4 nitrogen and oxygen atoms in total. The maximum absolute atomic E-state index is 11.8. The number of hydrogen-bond donors (Lipinski definition) is 2. The molecular formula is C15H13BrN2O2. The molecule has 0 aliphatic heterocycles. The zero-order valence-corrected chi connectivity index (χ0v) is 12.2. The number of nitrogens with one attached hydrogen (secondary N) is 2. The van der Waals surface area contributed by atoms with Gasteiger partial charge in [0.25, 0.3) is 5.91 Å². The van der Waals surface area contributed by atoms with Crippen molar-refractivity contribution in [3.8, 4) is 0 Å². The molecular weight excluding hydrogens is 320 g/mol. The second-order valence-electron chi connectivity index (χ2n) is 4.51. The smallest absolute Gasteiger partial charge is 0.287 e. The molecule has 0 atom stereocenters. The van der Waals surface area contributed by atoms with Gasteiger partial charge in [0.05, 0.1) is 0 Å². The van der Waals surface area contributed by atoms with Gasteiger partial charge in [0.15, 0.2) is 10.4 Å². The summed E-state index contributed by atoms with van der Waals surface area (Å²) < 4.78 is 5.75. The lowest BCUT2D eigenvalue weighted by Gasteiger charge is -2.04. The average Bonchev–Trinajstić information content (AvgIpc) is 3.06. The number of benzene rings is 1. The highest BCUT2D eigenvalue weighted by Crippen LogP contribution is 2.15. The third kappa shape index (κ3) is 2.77. The van der Waals surface area contributed by atoms with Crippen LogP contribution in [-0.2, 0) is 6.42 Å². The molecule has 3 aromatic rings.